The number of hydrogen-bond acceptors (Lipinski definition) is 9. The van der Waals surface area contributed by atoms with E-state index in [1.54, 1.807) is 6.92 Å². The number of rotatable bonds is 3. The lowest BCUT2D eigenvalue weighted by Crippen LogP contribution is -2.61. The molecule has 0 spiro atoms. The van der Waals surface area contributed by atoms with Crippen molar-refractivity contribution in [1.82, 2.24) is 0 Å². The van der Waals surface area contributed by atoms with E-state index < -0.39 is 55.8 Å². The first-order chi connectivity index (χ1) is 9.85. The lowest BCUT2D eigenvalue weighted by molar-refractivity contribution is -0.349. The summed E-state index contributed by atoms with van der Waals surface area (Å²) in [5.41, 5.74) is 0. The lowest BCUT2D eigenvalue weighted by atomic mass is 9.98. The van der Waals surface area contributed by atoms with Crippen LogP contribution in [0.1, 0.15) is 13.3 Å². The van der Waals surface area contributed by atoms with Gasteiger partial charge < -0.3 is 44.8 Å². The van der Waals surface area contributed by atoms with Crippen LogP contribution in [0.5, 0.6) is 0 Å². The minimum Gasteiger partial charge on any atom is -0.394 e. The van der Waals surface area contributed by atoms with Gasteiger partial charge in [0.05, 0.1) is 18.8 Å². The molecule has 21 heavy (non-hydrogen) atoms. The van der Waals surface area contributed by atoms with Crippen molar-refractivity contribution in [2.75, 3.05) is 6.61 Å². The van der Waals surface area contributed by atoms with Crippen LogP contribution in [-0.4, -0.2) is 92.6 Å². The van der Waals surface area contributed by atoms with Crippen molar-refractivity contribution in [3.8, 4) is 0 Å². The molecular weight excluding hydrogens is 288 g/mol. The Morgan fingerprint density at radius 3 is 2.29 bits per heavy atom. The van der Waals surface area contributed by atoms with Gasteiger partial charge in [-0.05, 0) is 6.92 Å². The zero-order chi connectivity index (χ0) is 15.7. The SMILES string of the molecule is C[C@H]1C[C@@H](O)[C@H](O)[C@H](O[C@@H]2[C@@H](O)[C@@H](O)[C@@H](CO)O[C@H]2O)O1. The van der Waals surface area contributed by atoms with Crippen LogP contribution in [-0.2, 0) is 14.2 Å². The van der Waals surface area contributed by atoms with Gasteiger partial charge in [0.15, 0.2) is 12.6 Å². The summed E-state index contributed by atoms with van der Waals surface area (Å²) < 4.78 is 15.5. The van der Waals surface area contributed by atoms with Gasteiger partial charge in [0, 0.05) is 6.42 Å². The first kappa shape index (κ1) is 17.0. The highest BCUT2D eigenvalue weighted by molar-refractivity contribution is 4.91. The van der Waals surface area contributed by atoms with Gasteiger partial charge in [-0.1, -0.05) is 0 Å². The number of hydrogen-bond donors (Lipinski definition) is 6. The van der Waals surface area contributed by atoms with Crippen LogP contribution in [0, 0.1) is 0 Å². The smallest absolute Gasteiger partial charge is 0.186 e. The van der Waals surface area contributed by atoms with Crippen LogP contribution < -0.4 is 0 Å². The maximum Gasteiger partial charge on any atom is 0.186 e. The van der Waals surface area contributed by atoms with Gasteiger partial charge in [0.1, 0.15) is 30.5 Å². The molecule has 2 aliphatic heterocycles. The van der Waals surface area contributed by atoms with Crippen LogP contribution in [0.4, 0.5) is 0 Å². The van der Waals surface area contributed by atoms with Gasteiger partial charge in [-0.25, -0.2) is 0 Å². The van der Waals surface area contributed by atoms with Crippen molar-refractivity contribution in [2.45, 2.75) is 68.7 Å². The summed E-state index contributed by atoms with van der Waals surface area (Å²) in [6, 6.07) is 0. The highest BCUT2D eigenvalue weighted by Crippen LogP contribution is 2.27. The summed E-state index contributed by atoms with van der Waals surface area (Å²) >= 11 is 0. The van der Waals surface area contributed by atoms with Crippen molar-refractivity contribution in [3.63, 3.8) is 0 Å². The van der Waals surface area contributed by atoms with Gasteiger partial charge in [0.2, 0.25) is 0 Å². The summed E-state index contributed by atoms with van der Waals surface area (Å²) in [6.07, 6.45) is -11.0. The second-order valence-corrected chi connectivity index (χ2v) is 5.44. The molecule has 0 aliphatic carbocycles. The Morgan fingerprint density at radius 2 is 1.67 bits per heavy atom. The summed E-state index contributed by atoms with van der Waals surface area (Å²) in [5.74, 6) is 0. The molecule has 2 saturated heterocycles. The number of ether oxygens (including phenoxy) is 3. The Morgan fingerprint density at radius 1 is 1.00 bits per heavy atom. The van der Waals surface area contributed by atoms with E-state index >= 15 is 0 Å². The summed E-state index contributed by atoms with van der Waals surface area (Å²) in [6.45, 7) is 1.09. The highest BCUT2D eigenvalue weighted by atomic mass is 16.7. The van der Waals surface area contributed by atoms with Crippen LogP contribution >= 0.6 is 0 Å². The number of aliphatic hydroxyl groups is 6. The van der Waals surface area contributed by atoms with Gasteiger partial charge in [0.25, 0.3) is 0 Å². The maximum atomic E-state index is 9.93. The van der Waals surface area contributed by atoms with Crippen LogP contribution in [0.3, 0.4) is 0 Å². The molecule has 0 unspecified atom stereocenters. The van der Waals surface area contributed by atoms with E-state index in [4.69, 9.17) is 19.3 Å². The third-order valence-corrected chi connectivity index (χ3v) is 3.75. The lowest BCUT2D eigenvalue weighted by Gasteiger charge is -2.43. The summed E-state index contributed by atoms with van der Waals surface area (Å²) in [4.78, 5) is 0. The molecule has 124 valence electrons. The molecule has 2 heterocycles. The Bertz CT molecular complexity index is 341. The maximum absolute atomic E-state index is 9.93. The summed E-state index contributed by atoms with van der Waals surface area (Å²) in [7, 11) is 0. The van der Waals surface area contributed by atoms with E-state index in [2.05, 4.69) is 0 Å². The van der Waals surface area contributed by atoms with Crippen molar-refractivity contribution in [2.24, 2.45) is 0 Å². The van der Waals surface area contributed by atoms with Crippen LogP contribution in [0.2, 0.25) is 0 Å². The third kappa shape index (κ3) is 3.52. The van der Waals surface area contributed by atoms with Gasteiger partial charge in [-0.2, -0.15) is 0 Å². The van der Waals surface area contributed by atoms with Crippen molar-refractivity contribution < 1.29 is 44.8 Å². The molecule has 0 aromatic heterocycles. The van der Waals surface area contributed by atoms with Crippen molar-refractivity contribution in [3.05, 3.63) is 0 Å². The molecule has 2 aliphatic rings. The molecule has 0 radical (unpaired) electrons. The van der Waals surface area contributed by atoms with Gasteiger partial charge in [-0.3, -0.25) is 0 Å². The molecule has 0 bridgehead atoms. The Labute approximate surface area is 121 Å². The Kier molecular flexibility index (Phi) is 5.52. The molecule has 9 heteroatoms. The minimum atomic E-state index is -1.62. The van der Waals surface area contributed by atoms with Gasteiger partial charge >= 0.3 is 0 Å². The van der Waals surface area contributed by atoms with E-state index in [1.807, 2.05) is 0 Å². The fourth-order valence-electron chi connectivity index (χ4n) is 2.51. The molecule has 9 nitrogen and oxygen atoms in total. The Balaban J connectivity index is 2.04. The van der Waals surface area contributed by atoms with E-state index in [-0.39, 0.29) is 12.5 Å². The second kappa shape index (κ2) is 6.82. The van der Waals surface area contributed by atoms with E-state index in [0.29, 0.717) is 0 Å². The topological polar surface area (TPSA) is 149 Å². The standard InChI is InChI=1S/C12H22O9/c1-4-2-5(14)7(15)12(19-4)21-10-9(17)8(16)6(3-13)20-11(10)18/h4-18H,2-3H2,1H3/t4-,5+,6+,7-,8-,9-,10+,11+,12-/m0/s1. The molecule has 0 amide bonds. The first-order valence-corrected chi connectivity index (χ1v) is 6.82. The predicted octanol–water partition coefficient (Wildman–Crippen LogP) is -3.34. The van der Waals surface area contributed by atoms with Crippen molar-refractivity contribution >= 4 is 0 Å². The zero-order valence-electron chi connectivity index (χ0n) is 11.5. The quantitative estimate of drug-likeness (QED) is 0.314. The molecule has 6 N–H and O–H groups in total. The summed E-state index contributed by atoms with van der Waals surface area (Å²) in [5, 5.41) is 57.9. The zero-order valence-corrected chi connectivity index (χ0v) is 11.5. The van der Waals surface area contributed by atoms with Crippen LogP contribution in [0.25, 0.3) is 0 Å². The van der Waals surface area contributed by atoms with Crippen molar-refractivity contribution in [1.29, 1.82) is 0 Å². The largest absolute Gasteiger partial charge is 0.394 e. The average molecular weight is 310 g/mol. The van der Waals surface area contributed by atoms with E-state index in [0.717, 1.165) is 0 Å². The molecule has 0 aromatic carbocycles. The fourth-order valence-corrected chi connectivity index (χ4v) is 2.51. The molecule has 2 rings (SSSR count). The van der Waals surface area contributed by atoms with E-state index in [9.17, 15) is 25.5 Å². The molecule has 9 atom stereocenters. The third-order valence-electron chi connectivity index (χ3n) is 3.75. The molecule has 0 aromatic rings. The normalized spacial score (nSPS) is 51.9. The minimum absolute atomic E-state index is 0.225. The predicted molar refractivity (Wildman–Crippen MR) is 65.8 cm³/mol. The van der Waals surface area contributed by atoms with Crippen LogP contribution in [0.15, 0.2) is 0 Å². The fraction of sp³-hybridized carbons (Fsp3) is 1.00. The monoisotopic (exact) mass is 310 g/mol. The molecule has 0 saturated carbocycles. The van der Waals surface area contributed by atoms with Gasteiger partial charge in [-0.15, -0.1) is 0 Å². The molecule has 2 fully saturated rings. The second-order valence-electron chi connectivity index (χ2n) is 5.44. The molecular formula is C12H22O9. The first-order valence-electron chi connectivity index (χ1n) is 6.82. The Hall–Kier alpha value is -0.360. The number of aliphatic hydroxyl groups excluding tert-OH is 6. The average Bonchev–Trinajstić information content (AvgIpc) is 2.43. The highest BCUT2D eigenvalue weighted by Gasteiger charge is 2.47. The van der Waals surface area contributed by atoms with E-state index in [1.165, 1.54) is 0 Å².